The minimum Gasteiger partial charge on any atom is -0.480 e. The number of benzene rings is 2. The molecule has 146 valence electrons. The molecule has 0 aliphatic heterocycles. The number of amides is 1. The highest BCUT2D eigenvalue weighted by atomic mass is 16.4. The van der Waals surface area contributed by atoms with Crippen LogP contribution in [0.3, 0.4) is 0 Å². The van der Waals surface area contributed by atoms with Crippen molar-refractivity contribution in [1.82, 2.24) is 15.3 Å². The van der Waals surface area contributed by atoms with Crippen LogP contribution in [0.15, 0.2) is 60.7 Å². The number of aromatic nitrogens is 2. The minimum absolute atomic E-state index is 0.0769. The summed E-state index contributed by atoms with van der Waals surface area (Å²) < 4.78 is 0. The summed E-state index contributed by atoms with van der Waals surface area (Å²) in [6, 6.07) is 17.4. The van der Waals surface area contributed by atoms with Crippen molar-refractivity contribution in [3.05, 3.63) is 66.4 Å². The number of aromatic amines is 1. The molecule has 1 amide bonds. The van der Waals surface area contributed by atoms with Crippen molar-refractivity contribution in [2.24, 2.45) is 0 Å². The number of hydrogen-bond acceptors (Lipinski definition) is 4. The van der Waals surface area contributed by atoms with Crippen molar-refractivity contribution in [3.63, 3.8) is 0 Å². The van der Waals surface area contributed by atoms with Gasteiger partial charge in [-0.2, -0.15) is 0 Å². The summed E-state index contributed by atoms with van der Waals surface area (Å²) in [5.74, 6) is -1.98. The van der Waals surface area contributed by atoms with Crippen LogP contribution >= 0.6 is 0 Å². The highest BCUT2D eigenvalue weighted by molar-refractivity contribution is 6.13. The Morgan fingerprint density at radius 3 is 2.41 bits per heavy atom. The Hall–Kier alpha value is -3.71. The van der Waals surface area contributed by atoms with Crippen LogP contribution in [0.4, 0.5) is 0 Å². The number of carbonyl (C=O) groups is 2. The third kappa shape index (κ3) is 3.43. The Bertz CT molecular complexity index is 1210. The summed E-state index contributed by atoms with van der Waals surface area (Å²) in [6.07, 6.45) is -1.25. The van der Waals surface area contributed by atoms with E-state index in [1.54, 1.807) is 6.07 Å². The van der Waals surface area contributed by atoms with E-state index in [4.69, 9.17) is 0 Å². The smallest absolute Gasteiger partial charge is 0.328 e. The maximum Gasteiger partial charge on any atom is 0.328 e. The van der Waals surface area contributed by atoms with E-state index in [-0.39, 0.29) is 5.69 Å². The van der Waals surface area contributed by atoms with Gasteiger partial charge >= 0.3 is 5.97 Å². The van der Waals surface area contributed by atoms with E-state index in [2.05, 4.69) is 15.3 Å². The molecule has 0 radical (unpaired) electrons. The maximum atomic E-state index is 12.8. The SMILES string of the molecule is CC(O)C(NC(=O)c1cc2c([nH]c3ccccc32)c(-c2ccccc2)n1)C(=O)O. The number of nitrogens with zero attached hydrogens (tertiary/aromatic N) is 1. The van der Waals surface area contributed by atoms with Crippen molar-refractivity contribution in [2.75, 3.05) is 0 Å². The van der Waals surface area contributed by atoms with Gasteiger partial charge in [-0.25, -0.2) is 9.78 Å². The molecular weight excluding hydrogens is 370 g/mol. The lowest BCUT2D eigenvalue weighted by Crippen LogP contribution is -2.47. The van der Waals surface area contributed by atoms with Crippen LogP contribution in [-0.2, 0) is 4.79 Å². The number of para-hydroxylation sites is 1. The lowest BCUT2D eigenvalue weighted by Gasteiger charge is -2.17. The fourth-order valence-corrected chi connectivity index (χ4v) is 3.37. The average Bonchev–Trinajstić information content (AvgIpc) is 3.10. The molecule has 2 unspecified atom stereocenters. The van der Waals surface area contributed by atoms with Gasteiger partial charge in [0.05, 0.1) is 17.3 Å². The second-order valence-corrected chi connectivity index (χ2v) is 6.85. The molecule has 2 heterocycles. The summed E-state index contributed by atoms with van der Waals surface area (Å²) in [5, 5.41) is 23.0. The number of hydrogen-bond donors (Lipinski definition) is 4. The quantitative estimate of drug-likeness (QED) is 0.419. The van der Waals surface area contributed by atoms with E-state index in [1.807, 2.05) is 54.6 Å². The molecule has 29 heavy (non-hydrogen) atoms. The van der Waals surface area contributed by atoms with E-state index >= 15 is 0 Å². The molecule has 0 aliphatic carbocycles. The molecule has 7 heteroatoms. The Morgan fingerprint density at radius 1 is 1.03 bits per heavy atom. The first-order valence-electron chi connectivity index (χ1n) is 9.14. The zero-order valence-electron chi connectivity index (χ0n) is 15.6. The second kappa shape index (κ2) is 7.37. The van der Waals surface area contributed by atoms with Gasteiger partial charge in [-0.3, -0.25) is 4.79 Å². The molecule has 7 nitrogen and oxygen atoms in total. The zero-order chi connectivity index (χ0) is 20.5. The molecule has 2 aromatic heterocycles. The van der Waals surface area contributed by atoms with Gasteiger partial charge < -0.3 is 20.5 Å². The van der Waals surface area contributed by atoms with Gasteiger partial charge in [0.1, 0.15) is 5.69 Å². The van der Waals surface area contributed by atoms with Gasteiger partial charge in [0, 0.05) is 21.9 Å². The molecule has 0 saturated heterocycles. The van der Waals surface area contributed by atoms with Crippen molar-refractivity contribution >= 4 is 33.7 Å². The Morgan fingerprint density at radius 2 is 1.72 bits per heavy atom. The Balaban J connectivity index is 1.90. The number of aliphatic hydroxyl groups is 1. The number of aliphatic hydroxyl groups excluding tert-OH is 1. The van der Waals surface area contributed by atoms with Gasteiger partial charge in [0.2, 0.25) is 0 Å². The standard InChI is InChI=1S/C22H19N3O4/c1-12(26)18(22(28)29)25-21(27)17-11-15-14-9-5-6-10-16(14)23-20(15)19(24-17)13-7-3-2-4-8-13/h2-12,18,23,26H,1H3,(H,25,27)(H,28,29). The highest BCUT2D eigenvalue weighted by Gasteiger charge is 2.26. The number of H-pyrrole nitrogens is 1. The predicted molar refractivity (Wildman–Crippen MR) is 110 cm³/mol. The number of fused-ring (bicyclic) bond motifs is 3. The number of aliphatic carboxylic acids is 1. The number of carboxylic acid groups (broad SMARTS) is 1. The average molecular weight is 389 g/mol. The molecular formula is C22H19N3O4. The summed E-state index contributed by atoms with van der Waals surface area (Å²) >= 11 is 0. The van der Waals surface area contributed by atoms with E-state index in [1.165, 1.54) is 6.92 Å². The van der Waals surface area contributed by atoms with Gasteiger partial charge in [0.25, 0.3) is 5.91 Å². The monoisotopic (exact) mass is 389 g/mol. The summed E-state index contributed by atoms with van der Waals surface area (Å²) in [6.45, 7) is 1.31. The molecule has 4 N–H and O–H groups in total. The topological polar surface area (TPSA) is 115 Å². The van der Waals surface area contributed by atoms with Crippen LogP contribution in [0.1, 0.15) is 17.4 Å². The molecule has 0 aliphatic rings. The van der Waals surface area contributed by atoms with E-state index in [9.17, 15) is 19.8 Å². The van der Waals surface area contributed by atoms with E-state index in [0.29, 0.717) is 5.69 Å². The number of nitrogens with one attached hydrogen (secondary N) is 2. The van der Waals surface area contributed by atoms with Gasteiger partial charge in [-0.1, -0.05) is 48.5 Å². The van der Waals surface area contributed by atoms with Crippen molar-refractivity contribution in [3.8, 4) is 11.3 Å². The summed E-state index contributed by atoms with van der Waals surface area (Å²) in [5.41, 5.74) is 3.19. The molecule has 2 aromatic carbocycles. The van der Waals surface area contributed by atoms with E-state index in [0.717, 1.165) is 27.4 Å². The number of pyridine rings is 1. The van der Waals surface area contributed by atoms with Crippen LogP contribution in [0, 0.1) is 0 Å². The fraction of sp³-hybridized carbons (Fsp3) is 0.136. The first-order chi connectivity index (χ1) is 14.0. The second-order valence-electron chi connectivity index (χ2n) is 6.85. The summed E-state index contributed by atoms with van der Waals surface area (Å²) in [7, 11) is 0. The number of carboxylic acids is 1. The predicted octanol–water partition coefficient (Wildman–Crippen LogP) is 2.95. The summed E-state index contributed by atoms with van der Waals surface area (Å²) in [4.78, 5) is 32.0. The lowest BCUT2D eigenvalue weighted by atomic mass is 10.1. The Kier molecular flexibility index (Phi) is 4.74. The molecule has 2 atom stereocenters. The minimum atomic E-state index is -1.43. The molecule has 0 bridgehead atoms. The first kappa shape index (κ1) is 18.6. The number of rotatable bonds is 5. The third-order valence-corrected chi connectivity index (χ3v) is 4.81. The molecule has 0 saturated carbocycles. The van der Waals surface area contributed by atoms with Crippen LogP contribution in [-0.4, -0.2) is 44.2 Å². The fourth-order valence-electron chi connectivity index (χ4n) is 3.37. The largest absolute Gasteiger partial charge is 0.480 e. The number of carbonyl (C=O) groups excluding carboxylic acids is 1. The molecule has 0 spiro atoms. The third-order valence-electron chi connectivity index (χ3n) is 4.81. The molecule has 4 rings (SSSR count). The van der Waals surface area contributed by atoms with Crippen LogP contribution < -0.4 is 5.32 Å². The van der Waals surface area contributed by atoms with Crippen LogP contribution in [0.25, 0.3) is 33.1 Å². The normalized spacial score (nSPS) is 13.3. The van der Waals surface area contributed by atoms with Crippen molar-refractivity contribution in [2.45, 2.75) is 19.1 Å². The molecule has 0 fully saturated rings. The zero-order valence-corrected chi connectivity index (χ0v) is 15.6. The highest BCUT2D eigenvalue weighted by Crippen LogP contribution is 2.32. The van der Waals surface area contributed by atoms with Gasteiger partial charge in [0.15, 0.2) is 6.04 Å². The van der Waals surface area contributed by atoms with E-state index < -0.39 is 24.0 Å². The van der Waals surface area contributed by atoms with Crippen LogP contribution in [0.2, 0.25) is 0 Å². The van der Waals surface area contributed by atoms with Gasteiger partial charge in [-0.05, 0) is 19.1 Å². The Labute approximate surface area is 166 Å². The van der Waals surface area contributed by atoms with Crippen LogP contribution in [0.5, 0.6) is 0 Å². The lowest BCUT2D eigenvalue weighted by molar-refractivity contribution is -0.141. The first-order valence-corrected chi connectivity index (χ1v) is 9.14. The van der Waals surface area contributed by atoms with Crippen molar-refractivity contribution in [1.29, 1.82) is 0 Å². The maximum absolute atomic E-state index is 12.8. The van der Waals surface area contributed by atoms with Crippen molar-refractivity contribution < 1.29 is 19.8 Å². The van der Waals surface area contributed by atoms with Gasteiger partial charge in [-0.15, -0.1) is 0 Å². The molecule has 4 aromatic rings.